The maximum absolute atomic E-state index is 12.1. The van der Waals surface area contributed by atoms with Crippen LogP contribution in [-0.2, 0) is 14.9 Å². The van der Waals surface area contributed by atoms with E-state index in [0.717, 1.165) is 5.56 Å². The largest absolute Gasteiger partial charge is 0.402 e. The molecular formula is C20H17Cl2NO2. The maximum Gasteiger partial charge on any atom is 0.363 e. The van der Waals surface area contributed by atoms with Gasteiger partial charge in [-0.3, -0.25) is 0 Å². The lowest BCUT2D eigenvalue weighted by Crippen LogP contribution is -2.11. The number of halogens is 2. The molecule has 2 aromatic carbocycles. The Kier molecular flexibility index (Phi) is 4.72. The van der Waals surface area contributed by atoms with E-state index < -0.39 is 5.97 Å². The molecule has 1 heterocycles. The summed E-state index contributed by atoms with van der Waals surface area (Å²) in [5.41, 5.74) is 2.88. The van der Waals surface area contributed by atoms with Gasteiger partial charge in [-0.25, -0.2) is 9.79 Å². The average molecular weight is 374 g/mol. The molecule has 128 valence electrons. The van der Waals surface area contributed by atoms with Gasteiger partial charge in [-0.15, -0.1) is 0 Å². The van der Waals surface area contributed by atoms with Crippen molar-refractivity contribution < 1.29 is 9.53 Å². The Hall–Kier alpha value is -2.10. The second-order valence-electron chi connectivity index (χ2n) is 6.83. The molecule has 1 aliphatic rings. The van der Waals surface area contributed by atoms with Crippen molar-refractivity contribution in [3.63, 3.8) is 0 Å². The van der Waals surface area contributed by atoms with E-state index >= 15 is 0 Å². The lowest BCUT2D eigenvalue weighted by Gasteiger charge is -2.18. The number of hydrogen-bond donors (Lipinski definition) is 0. The van der Waals surface area contributed by atoms with Crippen molar-refractivity contribution in [1.82, 2.24) is 0 Å². The van der Waals surface area contributed by atoms with Crippen molar-refractivity contribution in [1.29, 1.82) is 0 Å². The first-order chi connectivity index (χ1) is 11.7. The van der Waals surface area contributed by atoms with Crippen LogP contribution in [0.4, 0.5) is 0 Å². The summed E-state index contributed by atoms with van der Waals surface area (Å²) in [7, 11) is 0. The van der Waals surface area contributed by atoms with Crippen molar-refractivity contribution in [3.05, 3.63) is 74.9 Å². The van der Waals surface area contributed by atoms with E-state index in [-0.39, 0.29) is 11.1 Å². The lowest BCUT2D eigenvalue weighted by molar-refractivity contribution is -0.129. The van der Waals surface area contributed by atoms with Gasteiger partial charge in [0.05, 0.1) is 0 Å². The van der Waals surface area contributed by atoms with E-state index in [1.165, 1.54) is 5.56 Å². The molecule has 0 saturated heterocycles. The lowest BCUT2D eigenvalue weighted by atomic mass is 9.87. The molecule has 3 nitrogen and oxygen atoms in total. The highest BCUT2D eigenvalue weighted by Gasteiger charge is 2.25. The third-order valence-corrected chi connectivity index (χ3v) is 4.44. The molecule has 0 fully saturated rings. The number of nitrogens with zero attached hydrogens (tertiary/aromatic N) is 1. The van der Waals surface area contributed by atoms with Crippen LogP contribution in [0.15, 0.2) is 53.2 Å². The molecule has 0 unspecified atom stereocenters. The molecule has 2 aromatic rings. The first kappa shape index (κ1) is 17.7. The third-order valence-electron chi connectivity index (χ3n) is 3.87. The van der Waals surface area contributed by atoms with Crippen LogP contribution in [0, 0.1) is 0 Å². The molecule has 0 aromatic heterocycles. The normalized spacial score (nSPS) is 16.1. The second kappa shape index (κ2) is 6.66. The maximum atomic E-state index is 12.1. The predicted octanol–water partition coefficient (Wildman–Crippen LogP) is 5.64. The Morgan fingerprint density at radius 2 is 1.72 bits per heavy atom. The third kappa shape index (κ3) is 3.94. The fourth-order valence-corrected chi connectivity index (χ4v) is 2.87. The van der Waals surface area contributed by atoms with E-state index in [0.29, 0.717) is 21.5 Å². The summed E-state index contributed by atoms with van der Waals surface area (Å²) in [6.07, 6.45) is 1.59. The van der Waals surface area contributed by atoms with E-state index in [1.807, 2.05) is 24.3 Å². The number of carbonyl (C=O) groups excluding carboxylic acids is 1. The fourth-order valence-electron chi connectivity index (χ4n) is 2.41. The predicted molar refractivity (Wildman–Crippen MR) is 102 cm³/mol. The van der Waals surface area contributed by atoms with Gasteiger partial charge < -0.3 is 4.74 Å². The summed E-state index contributed by atoms with van der Waals surface area (Å²) in [6.45, 7) is 6.43. The van der Waals surface area contributed by atoms with Gasteiger partial charge in [-0.1, -0.05) is 62.2 Å². The van der Waals surface area contributed by atoms with Crippen LogP contribution in [0.25, 0.3) is 6.08 Å². The highest BCUT2D eigenvalue weighted by Crippen LogP contribution is 2.27. The Morgan fingerprint density at radius 1 is 1.04 bits per heavy atom. The van der Waals surface area contributed by atoms with Gasteiger partial charge in [-0.05, 0) is 46.9 Å². The second-order valence-corrected chi connectivity index (χ2v) is 7.67. The molecule has 0 aliphatic carbocycles. The zero-order valence-electron chi connectivity index (χ0n) is 14.1. The zero-order chi connectivity index (χ0) is 18.2. The van der Waals surface area contributed by atoms with Crippen LogP contribution >= 0.6 is 23.2 Å². The number of benzene rings is 2. The molecule has 0 saturated carbocycles. The topological polar surface area (TPSA) is 38.7 Å². The summed E-state index contributed by atoms with van der Waals surface area (Å²) in [6, 6.07) is 12.9. The van der Waals surface area contributed by atoms with Crippen molar-refractivity contribution >= 4 is 41.1 Å². The van der Waals surface area contributed by atoms with Gasteiger partial charge in [0.2, 0.25) is 5.90 Å². The van der Waals surface area contributed by atoms with Crippen LogP contribution in [-0.4, -0.2) is 11.9 Å². The summed E-state index contributed by atoms with van der Waals surface area (Å²) in [5, 5.41) is 0.982. The number of rotatable bonds is 2. The monoisotopic (exact) mass is 373 g/mol. The molecule has 0 amide bonds. The van der Waals surface area contributed by atoms with E-state index in [9.17, 15) is 4.79 Å². The quantitative estimate of drug-likeness (QED) is 0.504. The fraction of sp³-hybridized carbons (Fsp3) is 0.200. The minimum absolute atomic E-state index is 0.0586. The molecule has 0 atom stereocenters. The van der Waals surface area contributed by atoms with Gasteiger partial charge in [-0.2, -0.15) is 0 Å². The molecule has 25 heavy (non-hydrogen) atoms. The number of aliphatic imine (C=N–C) groups is 1. The van der Waals surface area contributed by atoms with Gasteiger partial charge in [0.15, 0.2) is 5.70 Å². The van der Waals surface area contributed by atoms with Crippen molar-refractivity contribution in [2.24, 2.45) is 4.99 Å². The summed E-state index contributed by atoms with van der Waals surface area (Å²) in [4.78, 5) is 16.4. The van der Waals surface area contributed by atoms with E-state index in [2.05, 4.69) is 25.8 Å². The summed E-state index contributed by atoms with van der Waals surface area (Å²) in [5.74, 6) is -0.206. The number of hydrogen-bond acceptors (Lipinski definition) is 3. The van der Waals surface area contributed by atoms with Crippen LogP contribution in [0.5, 0.6) is 0 Å². The highest BCUT2D eigenvalue weighted by atomic mass is 35.5. The Morgan fingerprint density at radius 3 is 2.32 bits per heavy atom. The Balaban J connectivity index is 1.91. The molecule has 0 radical (unpaired) electrons. The van der Waals surface area contributed by atoms with Gasteiger partial charge in [0, 0.05) is 15.6 Å². The van der Waals surface area contributed by atoms with Crippen molar-refractivity contribution in [2.75, 3.05) is 0 Å². The molecule has 1 aliphatic heterocycles. The minimum Gasteiger partial charge on any atom is -0.402 e. The van der Waals surface area contributed by atoms with Crippen LogP contribution < -0.4 is 0 Å². The molecule has 0 bridgehead atoms. The van der Waals surface area contributed by atoms with Gasteiger partial charge in [0.1, 0.15) is 0 Å². The number of ether oxygens (including phenoxy) is 1. The average Bonchev–Trinajstić information content (AvgIpc) is 2.90. The smallest absolute Gasteiger partial charge is 0.363 e. The Bertz CT molecular complexity index is 891. The molecule has 5 heteroatoms. The number of esters is 1. The zero-order valence-corrected chi connectivity index (χ0v) is 15.7. The standard InChI is InChI=1S/C20H17Cl2NO2/c1-20(2,3)14-7-4-12(5-8-14)18-23-17(19(24)25-18)10-13-6-9-15(21)11-16(13)22/h4-11H,1-3H3. The van der Waals surface area contributed by atoms with Crippen LogP contribution in [0.2, 0.25) is 10.0 Å². The first-order valence-electron chi connectivity index (χ1n) is 7.82. The summed E-state index contributed by atoms with van der Waals surface area (Å²) < 4.78 is 5.29. The summed E-state index contributed by atoms with van der Waals surface area (Å²) >= 11 is 12.0. The van der Waals surface area contributed by atoms with Gasteiger partial charge >= 0.3 is 5.97 Å². The van der Waals surface area contributed by atoms with E-state index in [4.69, 9.17) is 27.9 Å². The molecule has 3 rings (SSSR count). The number of carbonyl (C=O) groups is 1. The van der Waals surface area contributed by atoms with Gasteiger partial charge in [0.25, 0.3) is 0 Å². The molecule has 0 N–H and O–H groups in total. The Labute approximate surface area is 156 Å². The first-order valence-corrected chi connectivity index (χ1v) is 8.58. The highest BCUT2D eigenvalue weighted by molar-refractivity contribution is 6.35. The molecular weight excluding hydrogens is 357 g/mol. The molecule has 0 spiro atoms. The van der Waals surface area contributed by atoms with Crippen molar-refractivity contribution in [2.45, 2.75) is 26.2 Å². The SMILES string of the molecule is CC(C)(C)c1ccc(C2=NC(=Cc3ccc(Cl)cc3Cl)C(=O)O2)cc1. The van der Waals surface area contributed by atoms with Crippen LogP contribution in [0.3, 0.4) is 0 Å². The van der Waals surface area contributed by atoms with E-state index in [1.54, 1.807) is 24.3 Å². The van der Waals surface area contributed by atoms with Crippen molar-refractivity contribution in [3.8, 4) is 0 Å². The minimum atomic E-state index is -0.499. The number of cyclic esters (lactones) is 1. The van der Waals surface area contributed by atoms with Crippen LogP contribution in [0.1, 0.15) is 37.5 Å².